The molecule has 2 aromatic rings. The Balaban J connectivity index is 1.80. The van der Waals surface area contributed by atoms with Crippen LogP contribution in [0.1, 0.15) is 18.1 Å². The highest BCUT2D eigenvalue weighted by Gasteiger charge is 2.48. The molecule has 2 aromatic carbocycles. The summed E-state index contributed by atoms with van der Waals surface area (Å²) in [4.78, 5) is 25.3. The number of ether oxygens (including phenoxy) is 4. The van der Waals surface area contributed by atoms with Gasteiger partial charge in [-0.1, -0.05) is 94.6 Å². The number of halogens is 3. The van der Waals surface area contributed by atoms with Crippen LogP contribution < -0.4 is 5.32 Å². The molecule has 0 bridgehead atoms. The summed E-state index contributed by atoms with van der Waals surface area (Å²) in [5, 5.41) is 13.7. The van der Waals surface area contributed by atoms with Crippen LogP contribution in [0.4, 0.5) is 4.79 Å². The first-order valence-electron chi connectivity index (χ1n) is 11.4. The number of nitrogens with one attached hydrogen (secondary N) is 1. The predicted molar refractivity (Wildman–Crippen MR) is 142 cm³/mol. The van der Waals surface area contributed by atoms with Gasteiger partial charge in [0.2, 0.25) is 3.79 Å². The van der Waals surface area contributed by atoms with E-state index in [4.69, 9.17) is 53.8 Å². The molecular formula is C25H28Cl3NO7S. The van der Waals surface area contributed by atoms with Gasteiger partial charge in [-0.05, 0) is 24.6 Å². The maximum absolute atomic E-state index is 12.5. The fourth-order valence-corrected chi connectivity index (χ4v) is 4.88. The van der Waals surface area contributed by atoms with E-state index < -0.39 is 52.3 Å². The maximum Gasteiger partial charge on any atom is 0.407 e. The number of hydrogen-bond acceptors (Lipinski definition) is 8. The smallest absolute Gasteiger partial charge is 0.407 e. The van der Waals surface area contributed by atoms with Crippen LogP contribution in [0.25, 0.3) is 0 Å². The zero-order valence-corrected chi connectivity index (χ0v) is 23.2. The minimum atomic E-state index is -1.81. The second-order valence-corrected chi connectivity index (χ2v) is 12.1. The van der Waals surface area contributed by atoms with E-state index in [1.54, 1.807) is 0 Å². The molecule has 1 aliphatic heterocycles. The molecule has 0 aliphatic carbocycles. The van der Waals surface area contributed by atoms with Crippen LogP contribution >= 0.6 is 46.6 Å². The summed E-state index contributed by atoms with van der Waals surface area (Å²) >= 11 is 18.3. The Kier molecular flexibility index (Phi) is 11.2. The van der Waals surface area contributed by atoms with E-state index in [9.17, 15) is 14.7 Å². The number of alkyl halides is 3. The summed E-state index contributed by atoms with van der Waals surface area (Å²) in [6.45, 7) is 2.98. The van der Waals surface area contributed by atoms with E-state index in [0.717, 1.165) is 16.0 Å². The summed E-state index contributed by atoms with van der Waals surface area (Å²) in [6, 6.07) is 16.2. The van der Waals surface area contributed by atoms with Gasteiger partial charge in [-0.15, -0.1) is 0 Å². The third-order valence-electron chi connectivity index (χ3n) is 5.29. The first kappa shape index (κ1) is 29.8. The van der Waals surface area contributed by atoms with Crippen molar-refractivity contribution in [3.05, 3.63) is 65.7 Å². The van der Waals surface area contributed by atoms with Crippen molar-refractivity contribution in [2.24, 2.45) is 0 Å². The summed E-state index contributed by atoms with van der Waals surface area (Å²) in [5.41, 5.74) is 1.23. The molecule has 1 fully saturated rings. The van der Waals surface area contributed by atoms with Crippen molar-refractivity contribution in [1.82, 2.24) is 5.32 Å². The average molecular weight is 593 g/mol. The molecule has 12 heteroatoms. The van der Waals surface area contributed by atoms with Gasteiger partial charge < -0.3 is 29.4 Å². The molecule has 8 nitrogen and oxygen atoms in total. The molecule has 0 spiro atoms. The number of aliphatic hydroxyl groups excluding tert-OH is 1. The van der Waals surface area contributed by atoms with Crippen LogP contribution in [0, 0.1) is 6.92 Å². The molecule has 0 radical (unpaired) electrons. The van der Waals surface area contributed by atoms with Crippen molar-refractivity contribution < 1.29 is 33.6 Å². The van der Waals surface area contributed by atoms with Gasteiger partial charge in [-0.25, -0.2) is 4.79 Å². The highest BCUT2D eigenvalue weighted by molar-refractivity contribution is 7.99. The number of aliphatic hydroxyl groups is 1. The highest BCUT2D eigenvalue weighted by atomic mass is 35.6. The van der Waals surface area contributed by atoms with Gasteiger partial charge in [0.05, 0.1) is 13.2 Å². The quantitative estimate of drug-likeness (QED) is 0.317. The lowest BCUT2D eigenvalue weighted by Gasteiger charge is -2.44. The number of hydrogen-bond donors (Lipinski definition) is 2. The van der Waals surface area contributed by atoms with Crippen molar-refractivity contribution in [3.63, 3.8) is 0 Å². The number of rotatable bonds is 9. The molecule has 1 saturated heterocycles. The van der Waals surface area contributed by atoms with E-state index in [0.29, 0.717) is 6.61 Å². The summed E-state index contributed by atoms with van der Waals surface area (Å²) < 4.78 is 20.6. The molecular weight excluding hydrogens is 565 g/mol. The largest absolute Gasteiger partial charge is 0.457 e. The average Bonchev–Trinajstić information content (AvgIpc) is 2.84. The maximum atomic E-state index is 12.5. The fraction of sp³-hybridized carbons (Fsp3) is 0.440. The third-order valence-corrected chi connectivity index (χ3v) is 6.80. The SMILES string of the molecule is CC(=O)O[C@H]1[C@H](O)[C@@H](COCc2ccccc2)O[C@@H](Sc2ccc(C)cc2)[C@@H]1NC(=O)OCC(Cl)(Cl)Cl. The Labute approximate surface area is 234 Å². The van der Waals surface area contributed by atoms with Gasteiger partial charge in [0, 0.05) is 11.8 Å². The molecule has 1 heterocycles. The molecule has 5 atom stereocenters. The Bertz CT molecular complexity index is 1020. The lowest BCUT2D eigenvalue weighted by molar-refractivity contribution is -0.197. The monoisotopic (exact) mass is 591 g/mol. The molecule has 0 saturated carbocycles. The number of thioether (sulfide) groups is 1. The van der Waals surface area contributed by atoms with Gasteiger partial charge in [0.1, 0.15) is 30.3 Å². The zero-order chi connectivity index (χ0) is 27.0. The van der Waals surface area contributed by atoms with Gasteiger partial charge in [-0.3, -0.25) is 4.79 Å². The van der Waals surface area contributed by atoms with E-state index in [1.165, 1.54) is 18.7 Å². The van der Waals surface area contributed by atoms with Crippen molar-refractivity contribution in [1.29, 1.82) is 0 Å². The Morgan fingerprint density at radius 2 is 1.78 bits per heavy atom. The lowest BCUT2D eigenvalue weighted by atomic mass is 9.98. The van der Waals surface area contributed by atoms with Crippen molar-refractivity contribution >= 4 is 58.6 Å². The lowest BCUT2D eigenvalue weighted by Crippen LogP contribution is -2.64. The molecule has 0 aromatic heterocycles. The Morgan fingerprint density at radius 3 is 2.41 bits per heavy atom. The normalized spacial score (nSPS) is 23.8. The number of esters is 1. The molecule has 202 valence electrons. The molecule has 1 amide bonds. The molecule has 3 rings (SSSR count). The predicted octanol–water partition coefficient (Wildman–Crippen LogP) is 4.79. The van der Waals surface area contributed by atoms with Crippen LogP contribution in [0.5, 0.6) is 0 Å². The van der Waals surface area contributed by atoms with Crippen molar-refractivity contribution in [2.75, 3.05) is 13.2 Å². The third kappa shape index (κ3) is 9.83. The van der Waals surface area contributed by atoms with Crippen molar-refractivity contribution in [2.45, 2.75) is 58.9 Å². The second-order valence-electron chi connectivity index (χ2n) is 8.40. The van der Waals surface area contributed by atoms with Gasteiger partial charge in [0.25, 0.3) is 0 Å². The number of benzene rings is 2. The molecule has 0 unspecified atom stereocenters. The number of carbonyl (C=O) groups is 2. The zero-order valence-electron chi connectivity index (χ0n) is 20.1. The van der Waals surface area contributed by atoms with Crippen LogP contribution in [0.2, 0.25) is 0 Å². The van der Waals surface area contributed by atoms with Gasteiger partial charge in [0.15, 0.2) is 6.10 Å². The Hall–Kier alpha value is -1.72. The summed E-state index contributed by atoms with van der Waals surface area (Å²) in [7, 11) is 0. The van der Waals surface area contributed by atoms with E-state index in [2.05, 4.69) is 5.32 Å². The van der Waals surface area contributed by atoms with E-state index in [1.807, 2.05) is 61.5 Å². The van der Waals surface area contributed by atoms with Gasteiger partial charge >= 0.3 is 12.1 Å². The molecule has 2 N–H and O–H groups in total. The minimum Gasteiger partial charge on any atom is -0.457 e. The van der Waals surface area contributed by atoms with Crippen LogP contribution in [0.15, 0.2) is 59.5 Å². The second kappa shape index (κ2) is 13.9. The standard InChI is InChI=1S/C25H28Cl3NO7S/c1-15-8-10-18(11-9-15)37-23-20(29-24(32)34-14-25(26,27)28)22(35-16(2)30)21(31)19(36-23)13-33-12-17-6-4-3-5-7-17/h3-11,19-23,31H,12-14H2,1-2H3,(H,29,32)/t19-,20-,21-,22-,23+/m1/s1. The molecule has 1 aliphatic rings. The summed E-state index contributed by atoms with van der Waals surface area (Å²) in [6.07, 6.45) is -4.27. The number of aryl methyl sites for hydroxylation is 1. The number of alkyl carbamates (subject to hydrolysis) is 1. The van der Waals surface area contributed by atoms with Gasteiger partial charge in [-0.2, -0.15) is 0 Å². The first-order valence-corrected chi connectivity index (χ1v) is 13.4. The Morgan fingerprint density at radius 1 is 1.11 bits per heavy atom. The highest BCUT2D eigenvalue weighted by Crippen LogP contribution is 2.35. The van der Waals surface area contributed by atoms with E-state index in [-0.39, 0.29) is 6.61 Å². The topological polar surface area (TPSA) is 103 Å². The summed E-state index contributed by atoms with van der Waals surface area (Å²) in [5.74, 6) is -0.643. The van der Waals surface area contributed by atoms with Crippen LogP contribution in [0.3, 0.4) is 0 Å². The van der Waals surface area contributed by atoms with Crippen LogP contribution in [-0.2, 0) is 30.3 Å². The van der Waals surface area contributed by atoms with Crippen LogP contribution in [-0.4, -0.2) is 64.0 Å². The molecule has 37 heavy (non-hydrogen) atoms. The van der Waals surface area contributed by atoms with E-state index >= 15 is 0 Å². The fourth-order valence-electron chi connectivity index (χ4n) is 3.58. The minimum absolute atomic E-state index is 0.0171. The number of carbonyl (C=O) groups excluding carboxylic acids is 2. The first-order chi connectivity index (χ1) is 17.5. The van der Waals surface area contributed by atoms with Crippen molar-refractivity contribution in [3.8, 4) is 0 Å². The number of amides is 1.